The van der Waals surface area contributed by atoms with Gasteiger partial charge in [-0.05, 0) is 49.9 Å². The highest BCUT2D eigenvalue weighted by Gasteiger charge is 2.34. The molecule has 4 rings (SSSR count). The molecule has 3 aromatic rings. The predicted molar refractivity (Wildman–Crippen MR) is 118 cm³/mol. The summed E-state index contributed by atoms with van der Waals surface area (Å²) in [6.07, 6.45) is -1.58. The third-order valence-electron chi connectivity index (χ3n) is 5.88. The summed E-state index contributed by atoms with van der Waals surface area (Å²) in [6.45, 7) is 0. The molecule has 1 aliphatic rings. The Balaban J connectivity index is 1.46. The van der Waals surface area contributed by atoms with Gasteiger partial charge in [0.1, 0.15) is 16.6 Å². The molecule has 32 heavy (non-hydrogen) atoms. The second-order valence-corrected chi connectivity index (χ2v) is 8.99. The smallest absolute Gasteiger partial charge is 0.371 e. The molecule has 0 aliphatic heterocycles. The van der Waals surface area contributed by atoms with Gasteiger partial charge in [-0.25, -0.2) is 4.98 Å². The number of fused-ring (bicyclic) bond motifs is 1. The van der Waals surface area contributed by atoms with Crippen LogP contribution in [0.5, 0.6) is 0 Å². The van der Waals surface area contributed by atoms with E-state index >= 15 is 0 Å². The number of carbonyl (C=O) groups is 1. The summed E-state index contributed by atoms with van der Waals surface area (Å²) in [5.41, 5.74) is -0.0671. The lowest BCUT2D eigenvalue weighted by Gasteiger charge is -2.36. The monoisotopic (exact) mass is 458 g/mol. The number of nitrogens with zero attached hydrogens (tertiary/aromatic N) is 3. The summed E-state index contributed by atoms with van der Waals surface area (Å²) in [5, 5.41) is 12.6. The number of hydrogen-bond donors (Lipinski definition) is 1. The fraction of sp³-hybridized carbons (Fsp3) is 0.348. The van der Waals surface area contributed by atoms with E-state index in [0.29, 0.717) is 26.3 Å². The number of thiophene rings is 1. The van der Waals surface area contributed by atoms with Crippen molar-refractivity contribution in [1.29, 1.82) is 5.26 Å². The summed E-state index contributed by atoms with van der Waals surface area (Å²) in [7, 11) is 1.82. The zero-order valence-electron chi connectivity index (χ0n) is 17.3. The van der Waals surface area contributed by atoms with Gasteiger partial charge in [-0.1, -0.05) is 18.2 Å². The number of amides is 1. The van der Waals surface area contributed by atoms with Gasteiger partial charge in [0.2, 0.25) is 0 Å². The number of benzene rings is 1. The van der Waals surface area contributed by atoms with Crippen LogP contribution in [0.3, 0.4) is 0 Å². The van der Waals surface area contributed by atoms with Crippen LogP contribution >= 0.6 is 11.3 Å². The van der Waals surface area contributed by atoms with Crippen molar-refractivity contribution in [3.63, 3.8) is 0 Å². The van der Waals surface area contributed by atoms with E-state index in [1.165, 1.54) is 0 Å². The van der Waals surface area contributed by atoms with Crippen LogP contribution in [0.15, 0.2) is 42.5 Å². The number of rotatable bonds is 4. The number of nitriles is 1. The highest BCUT2D eigenvalue weighted by molar-refractivity contribution is 7.14. The van der Waals surface area contributed by atoms with Crippen molar-refractivity contribution in [1.82, 2.24) is 10.3 Å². The molecule has 166 valence electrons. The molecule has 0 atom stereocenters. The minimum absolute atomic E-state index is 0.000272. The number of aromatic nitrogens is 1. The van der Waals surface area contributed by atoms with Crippen molar-refractivity contribution in [2.75, 3.05) is 11.9 Å². The van der Waals surface area contributed by atoms with Crippen LogP contribution in [-0.4, -0.2) is 30.0 Å². The first-order chi connectivity index (χ1) is 15.3. The Bertz CT molecular complexity index is 1180. The van der Waals surface area contributed by atoms with Crippen molar-refractivity contribution in [3.8, 4) is 6.07 Å². The maximum Gasteiger partial charge on any atom is 0.433 e. The molecule has 1 saturated carbocycles. The Hall–Kier alpha value is -3.12. The Labute approximate surface area is 187 Å². The summed E-state index contributed by atoms with van der Waals surface area (Å²) in [6, 6.07) is 13.3. The van der Waals surface area contributed by atoms with E-state index in [1.54, 1.807) is 36.4 Å². The van der Waals surface area contributed by atoms with Crippen molar-refractivity contribution < 1.29 is 18.0 Å². The molecular formula is C23H21F3N4OS. The molecule has 0 spiro atoms. The Kier molecular flexibility index (Phi) is 6.07. The summed E-state index contributed by atoms with van der Waals surface area (Å²) in [5.74, 6) is -0.191. The van der Waals surface area contributed by atoms with Crippen molar-refractivity contribution in [2.45, 2.75) is 43.9 Å². The number of pyridine rings is 1. The second kappa shape index (κ2) is 8.79. The van der Waals surface area contributed by atoms with Crippen molar-refractivity contribution in [2.24, 2.45) is 0 Å². The molecular weight excluding hydrogens is 437 g/mol. The van der Waals surface area contributed by atoms with Gasteiger partial charge in [0.05, 0.1) is 10.4 Å². The van der Waals surface area contributed by atoms with Crippen LogP contribution in [0, 0.1) is 11.3 Å². The number of anilines is 1. The molecule has 0 bridgehead atoms. The lowest BCUT2D eigenvalue weighted by molar-refractivity contribution is -0.140. The van der Waals surface area contributed by atoms with Gasteiger partial charge in [0.15, 0.2) is 0 Å². The average Bonchev–Trinajstić information content (AvgIpc) is 3.27. The summed E-state index contributed by atoms with van der Waals surface area (Å²) >= 11 is 1.16. The van der Waals surface area contributed by atoms with Crippen LogP contribution in [0.1, 0.15) is 45.9 Å². The fourth-order valence-corrected chi connectivity index (χ4v) is 4.88. The van der Waals surface area contributed by atoms with Gasteiger partial charge in [-0.15, -0.1) is 11.3 Å². The first-order valence-corrected chi connectivity index (χ1v) is 11.1. The van der Waals surface area contributed by atoms with Crippen LogP contribution in [0.25, 0.3) is 10.9 Å². The molecule has 1 N–H and O–H groups in total. The molecule has 0 unspecified atom stereocenters. The summed E-state index contributed by atoms with van der Waals surface area (Å²) in [4.78, 5) is 19.1. The van der Waals surface area contributed by atoms with E-state index < -0.39 is 11.9 Å². The molecule has 2 heterocycles. The maximum atomic E-state index is 13.4. The average molecular weight is 459 g/mol. The predicted octanol–water partition coefficient (Wildman–Crippen LogP) is 5.36. The topological polar surface area (TPSA) is 69.0 Å². The first kappa shape index (κ1) is 22.1. The highest BCUT2D eigenvalue weighted by atomic mass is 32.1. The quantitative estimate of drug-likeness (QED) is 0.571. The van der Waals surface area contributed by atoms with Gasteiger partial charge >= 0.3 is 6.18 Å². The molecule has 2 aromatic heterocycles. The number of halogens is 3. The van der Waals surface area contributed by atoms with E-state index in [9.17, 15) is 18.0 Å². The molecule has 1 fully saturated rings. The van der Waals surface area contributed by atoms with Gasteiger partial charge in [-0.3, -0.25) is 4.79 Å². The zero-order chi connectivity index (χ0) is 22.9. The lowest BCUT2D eigenvalue weighted by atomic mass is 9.89. The Morgan fingerprint density at radius 2 is 1.91 bits per heavy atom. The third kappa shape index (κ3) is 4.55. The van der Waals surface area contributed by atoms with E-state index in [2.05, 4.69) is 10.3 Å². The van der Waals surface area contributed by atoms with Crippen LogP contribution < -0.4 is 10.2 Å². The van der Waals surface area contributed by atoms with E-state index in [0.717, 1.165) is 43.1 Å². The number of para-hydroxylation sites is 1. The number of carbonyl (C=O) groups excluding carboxylic acids is 1. The number of nitrogens with one attached hydrogen (secondary N) is 1. The zero-order valence-corrected chi connectivity index (χ0v) is 18.1. The molecule has 1 aromatic carbocycles. The van der Waals surface area contributed by atoms with E-state index in [1.807, 2.05) is 18.0 Å². The largest absolute Gasteiger partial charge is 0.433 e. The van der Waals surface area contributed by atoms with E-state index in [-0.39, 0.29) is 18.0 Å². The summed E-state index contributed by atoms with van der Waals surface area (Å²) < 4.78 is 40.2. The Morgan fingerprint density at radius 3 is 2.56 bits per heavy atom. The maximum absolute atomic E-state index is 13.4. The lowest BCUT2D eigenvalue weighted by Crippen LogP contribution is -2.42. The number of hydrogen-bond acceptors (Lipinski definition) is 5. The molecule has 1 aliphatic carbocycles. The minimum atomic E-state index is -4.52. The normalized spacial score (nSPS) is 18.8. The van der Waals surface area contributed by atoms with Crippen LogP contribution in [0.4, 0.5) is 18.9 Å². The highest BCUT2D eigenvalue weighted by Crippen LogP contribution is 2.36. The number of alkyl halides is 3. The van der Waals surface area contributed by atoms with Gasteiger partial charge in [-0.2, -0.15) is 18.4 Å². The minimum Gasteiger partial charge on any atom is -0.371 e. The third-order valence-corrected chi connectivity index (χ3v) is 6.87. The van der Waals surface area contributed by atoms with Crippen molar-refractivity contribution in [3.05, 3.63) is 57.9 Å². The SMILES string of the molecule is CN(c1cc(C(F)(F)F)nc2ccccc12)C1CCC(NC(=O)c2ccc(C#N)s2)CC1. The van der Waals surface area contributed by atoms with Crippen molar-refractivity contribution >= 4 is 33.8 Å². The molecule has 0 radical (unpaired) electrons. The molecule has 5 nitrogen and oxygen atoms in total. The second-order valence-electron chi connectivity index (χ2n) is 7.91. The molecule has 9 heteroatoms. The van der Waals surface area contributed by atoms with Crippen LogP contribution in [-0.2, 0) is 6.18 Å². The van der Waals surface area contributed by atoms with Crippen LogP contribution in [0.2, 0.25) is 0 Å². The Morgan fingerprint density at radius 1 is 1.19 bits per heavy atom. The van der Waals surface area contributed by atoms with Gasteiger partial charge < -0.3 is 10.2 Å². The molecule has 1 amide bonds. The van der Waals surface area contributed by atoms with E-state index in [4.69, 9.17) is 5.26 Å². The fourth-order valence-electron chi connectivity index (χ4n) is 4.17. The van der Waals surface area contributed by atoms with Gasteiger partial charge in [0.25, 0.3) is 5.91 Å². The first-order valence-electron chi connectivity index (χ1n) is 10.3. The molecule has 0 saturated heterocycles. The van der Waals surface area contributed by atoms with Gasteiger partial charge in [0, 0.05) is 30.2 Å². The standard InChI is InChI=1S/C23H21F3N4OS/c1-30(19-12-21(23(24,25)26)29-18-5-3-2-4-17(18)19)15-8-6-14(7-9-15)28-22(31)20-11-10-16(13-27)32-20/h2-5,10-12,14-15H,6-9H2,1H3,(H,28,31).